The molecule has 0 radical (unpaired) electrons. The summed E-state index contributed by atoms with van der Waals surface area (Å²) >= 11 is 0. The van der Waals surface area contributed by atoms with Crippen LogP contribution in [0, 0.1) is 5.92 Å². The van der Waals surface area contributed by atoms with Crippen LogP contribution in [0.4, 0.5) is 0 Å². The topological polar surface area (TPSA) is 69.6 Å². The average Bonchev–Trinajstić information content (AvgIpc) is 2.55. The molecule has 0 aliphatic carbocycles. The second-order valence-electron chi connectivity index (χ2n) is 5.85. The number of carbonyl (C=O) groups excluding carboxylic acids is 2. The quantitative estimate of drug-likeness (QED) is 0.778. The molecule has 1 heterocycles. The Hall–Kier alpha value is -1.72. The summed E-state index contributed by atoms with van der Waals surface area (Å²) in [5.74, 6) is 0.0389. The summed E-state index contributed by atoms with van der Waals surface area (Å²) < 4.78 is 0. The first-order chi connectivity index (χ1) is 10.6. The molecule has 1 aromatic carbocycles. The van der Waals surface area contributed by atoms with Gasteiger partial charge in [0.05, 0.1) is 5.56 Å². The van der Waals surface area contributed by atoms with Gasteiger partial charge >= 0.3 is 0 Å². The van der Waals surface area contributed by atoms with Crippen LogP contribution in [-0.2, 0) is 0 Å². The Labute approximate surface area is 131 Å². The first-order valence-electron chi connectivity index (χ1n) is 7.83. The largest absolute Gasteiger partial charge is 0.396 e. The van der Waals surface area contributed by atoms with Gasteiger partial charge in [0, 0.05) is 31.8 Å². The normalized spacial score (nSPS) is 18.9. The highest BCUT2D eigenvalue weighted by molar-refractivity contribution is 6.07. The van der Waals surface area contributed by atoms with Crippen molar-refractivity contribution in [2.24, 2.45) is 5.92 Å². The third-order valence-corrected chi connectivity index (χ3v) is 4.13. The van der Waals surface area contributed by atoms with Gasteiger partial charge in [0.2, 0.25) is 0 Å². The van der Waals surface area contributed by atoms with E-state index < -0.39 is 0 Å². The molecule has 0 aromatic heterocycles. The van der Waals surface area contributed by atoms with E-state index in [1.54, 1.807) is 24.3 Å². The molecule has 2 N–H and O–H groups in total. The number of benzene rings is 1. The second kappa shape index (κ2) is 8.06. The minimum Gasteiger partial charge on any atom is -0.396 e. The number of piperidine rings is 1. The highest BCUT2D eigenvalue weighted by atomic mass is 16.3. The van der Waals surface area contributed by atoms with Crippen LogP contribution in [0.1, 0.15) is 40.5 Å². The van der Waals surface area contributed by atoms with Crippen molar-refractivity contribution >= 4 is 11.7 Å². The molecule has 0 bridgehead atoms. The molecular weight excluding hydrogens is 280 g/mol. The maximum atomic E-state index is 12.2. The van der Waals surface area contributed by atoms with Crippen LogP contribution in [0.25, 0.3) is 0 Å². The van der Waals surface area contributed by atoms with E-state index in [1.807, 2.05) is 0 Å². The Balaban J connectivity index is 1.84. The fourth-order valence-corrected chi connectivity index (χ4v) is 2.91. The van der Waals surface area contributed by atoms with Crippen LogP contribution in [0.2, 0.25) is 0 Å². The van der Waals surface area contributed by atoms with Crippen molar-refractivity contribution < 1.29 is 14.7 Å². The predicted molar refractivity (Wildman–Crippen MR) is 85.0 cm³/mol. The lowest BCUT2D eigenvalue weighted by Gasteiger charge is -2.31. The van der Waals surface area contributed by atoms with E-state index in [1.165, 1.54) is 6.92 Å². The van der Waals surface area contributed by atoms with E-state index >= 15 is 0 Å². The van der Waals surface area contributed by atoms with Gasteiger partial charge in [0.15, 0.2) is 5.78 Å². The third kappa shape index (κ3) is 4.39. The smallest absolute Gasteiger partial charge is 0.252 e. The lowest BCUT2D eigenvalue weighted by molar-refractivity contribution is 0.0920. The zero-order valence-corrected chi connectivity index (χ0v) is 13.0. The number of nitrogens with zero attached hydrogens (tertiary/aromatic N) is 1. The standard InChI is InChI=1S/C17H24N2O3/c1-13(21)15-6-2-3-7-16(15)17(22)18-8-10-19-9-4-5-14(11-19)12-20/h2-3,6-7,14,20H,4-5,8-12H2,1H3,(H,18,22)/t14-/m1/s1. The van der Waals surface area contributed by atoms with Crippen molar-refractivity contribution in [3.63, 3.8) is 0 Å². The van der Waals surface area contributed by atoms with Crippen molar-refractivity contribution in [2.75, 3.05) is 32.8 Å². The number of Topliss-reactive ketones (excluding diaryl/α,β-unsaturated/α-hetero) is 1. The first kappa shape index (κ1) is 16.6. The maximum absolute atomic E-state index is 12.2. The molecule has 1 atom stereocenters. The van der Waals surface area contributed by atoms with Gasteiger partial charge in [-0.15, -0.1) is 0 Å². The number of carbonyl (C=O) groups is 2. The molecule has 1 aliphatic heterocycles. The molecule has 5 heteroatoms. The summed E-state index contributed by atoms with van der Waals surface area (Å²) in [5.41, 5.74) is 0.889. The molecule has 22 heavy (non-hydrogen) atoms. The SMILES string of the molecule is CC(=O)c1ccccc1C(=O)NCCN1CCC[C@@H](CO)C1. The molecule has 2 rings (SSSR count). The Kier molecular flexibility index (Phi) is 6.10. The number of likely N-dealkylation sites (tertiary alicyclic amines) is 1. The van der Waals surface area contributed by atoms with Gasteiger partial charge in [-0.25, -0.2) is 0 Å². The summed E-state index contributed by atoms with van der Waals surface area (Å²) in [7, 11) is 0. The van der Waals surface area contributed by atoms with E-state index in [0.717, 1.165) is 32.5 Å². The van der Waals surface area contributed by atoms with Crippen LogP contribution in [0.3, 0.4) is 0 Å². The van der Waals surface area contributed by atoms with Crippen LogP contribution >= 0.6 is 0 Å². The van der Waals surface area contributed by atoms with E-state index in [2.05, 4.69) is 10.2 Å². The van der Waals surface area contributed by atoms with Gasteiger partial charge in [-0.05, 0) is 38.3 Å². The number of hydrogen-bond donors (Lipinski definition) is 2. The minimum atomic E-state index is -0.207. The van der Waals surface area contributed by atoms with Crippen LogP contribution in [-0.4, -0.2) is 54.5 Å². The zero-order valence-electron chi connectivity index (χ0n) is 13.0. The molecular formula is C17H24N2O3. The molecule has 1 saturated heterocycles. The Morgan fingerprint density at radius 2 is 2.05 bits per heavy atom. The molecule has 1 amide bonds. The number of rotatable bonds is 6. The van der Waals surface area contributed by atoms with Crippen LogP contribution in [0.15, 0.2) is 24.3 Å². The van der Waals surface area contributed by atoms with Crippen molar-refractivity contribution in [1.82, 2.24) is 10.2 Å². The summed E-state index contributed by atoms with van der Waals surface area (Å²) in [5, 5.41) is 12.1. The lowest BCUT2D eigenvalue weighted by atomic mass is 9.99. The molecule has 0 spiro atoms. The number of ketones is 1. The lowest BCUT2D eigenvalue weighted by Crippen LogP contribution is -2.41. The van der Waals surface area contributed by atoms with Crippen LogP contribution in [0.5, 0.6) is 0 Å². The van der Waals surface area contributed by atoms with Crippen molar-refractivity contribution in [2.45, 2.75) is 19.8 Å². The molecule has 0 saturated carbocycles. The van der Waals surface area contributed by atoms with Gasteiger partial charge in [-0.1, -0.05) is 18.2 Å². The molecule has 120 valence electrons. The highest BCUT2D eigenvalue weighted by Gasteiger charge is 2.19. The Bertz CT molecular complexity index is 530. The number of amides is 1. The van der Waals surface area contributed by atoms with Crippen molar-refractivity contribution in [3.8, 4) is 0 Å². The molecule has 5 nitrogen and oxygen atoms in total. The van der Waals surface area contributed by atoms with E-state index in [-0.39, 0.29) is 18.3 Å². The first-order valence-corrected chi connectivity index (χ1v) is 7.83. The summed E-state index contributed by atoms with van der Waals surface area (Å²) in [4.78, 5) is 26.0. The Morgan fingerprint density at radius 3 is 2.73 bits per heavy atom. The van der Waals surface area contributed by atoms with Crippen molar-refractivity contribution in [1.29, 1.82) is 0 Å². The van der Waals surface area contributed by atoms with E-state index in [0.29, 0.717) is 23.6 Å². The second-order valence-corrected chi connectivity index (χ2v) is 5.85. The van der Waals surface area contributed by atoms with Gasteiger partial charge in [0.1, 0.15) is 0 Å². The fourth-order valence-electron chi connectivity index (χ4n) is 2.91. The van der Waals surface area contributed by atoms with Crippen molar-refractivity contribution in [3.05, 3.63) is 35.4 Å². The number of aliphatic hydroxyl groups excluding tert-OH is 1. The summed E-state index contributed by atoms with van der Waals surface area (Å²) in [6, 6.07) is 6.87. The molecule has 1 aliphatic rings. The molecule has 1 fully saturated rings. The van der Waals surface area contributed by atoms with Crippen LogP contribution < -0.4 is 5.32 Å². The average molecular weight is 304 g/mol. The van der Waals surface area contributed by atoms with Gasteiger partial charge in [0.25, 0.3) is 5.91 Å². The van der Waals surface area contributed by atoms with E-state index in [4.69, 9.17) is 0 Å². The summed E-state index contributed by atoms with van der Waals surface area (Å²) in [6.07, 6.45) is 2.16. The molecule has 1 aromatic rings. The monoisotopic (exact) mass is 304 g/mol. The van der Waals surface area contributed by atoms with Gasteiger partial charge in [-0.3, -0.25) is 9.59 Å². The highest BCUT2D eigenvalue weighted by Crippen LogP contribution is 2.15. The van der Waals surface area contributed by atoms with Gasteiger partial charge in [-0.2, -0.15) is 0 Å². The fraction of sp³-hybridized carbons (Fsp3) is 0.529. The Morgan fingerprint density at radius 1 is 1.32 bits per heavy atom. The number of aliphatic hydroxyl groups is 1. The third-order valence-electron chi connectivity index (χ3n) is 4.13. The zero-order chi connectivity index (χ0) is 15.9. The maximum Gasteiger partial charge on any atom is 0.252 e. The minimum absolute atomic E-state index is 0.104. The predicted octanol–water partition coefficient (Wildman–Crippen LogP) is 1.32. The van der Waals surface area contributed by atoms with Gasteiger partial charge < -0.3 is 15.3 Å². The number of nitrogens with one attached hydrogen (secondary N) is 1. The van der Waals surface area contributed by atoms with E-state index in [9.17, 15) is 14.7 Å². The molecule has 0 unspecified atom stereocenters. The summed E-state index contributed by atoms with van der Waals surface area (Å²) in [6.45, 7) is 4.91. The number of hydrogen-bond acceptors (Lipinski definition) is 4.